The molecule has 0 atom stereocenters. The van der Waals surface area contributed by atoms with Crippen LogP contribution in [0.3, 0.4) is 0 Å². The number of hydroxylamine groups is 1. The second-order valence-electron chi connectivity index (χ2n) is 4.78. The summed E-state index contributed by atoms with van der Waals surface area (Å²) in [7, 11) is 1.66. The zero-order valence-electron chi connectivity index (χ0n) is 11.8. The van der Waals surface area contributed by atoms with Gasteiger partial charge in [-0.05, 0) is 33.3 Å². The van der Waals surface area contributed by atoms with Gasteiger partial charge >= 0.3 is 0 Å². The fourth-order valence-corrected chi connectivity index (χ4v) is 1.21. The van der Waals surface area contributed by atoms with E-state index in [-0.39, 0.29) is 0 Å². The van der Waals surface area contributed by atoms with Gasteiger partial charge in [0.05, 0.1) is 12.2 Å². The molecule has 0 heterocycles. The summed E-state index contributed by atoms with van der Waals surface area (Å²) >= 11 is 0. The van der Waals surface area contributed by atoms with E-state index in [4.69, 9.17) is 9.94 Å². The van der Waals surface area contributed by atoms with Crippen LogP contribution < -0.4 is 5.48 Å². The highest BCUT2D eigenvalue weighted by molar-refractivity contribution is 5.77. The molecule has 1 aromatic carbocycles. The van der Waals surface area contributed by atoms with E-state index in [1.54, 1.807) is 20.9 Å². The number of hydrogen-bond acceptors (Lipinski definition) is 4. The highest BCUT2D eigenvalue weighted by atomic mass is 16.6. The van der Waals surface area contributed by atoms with E-state index in [1.165, 1.54) is 5.56 Å². The molecule has 0 bridgehead atoms. The van der Waals surface area contributed by atoms with Crippen LogP contribution in [-0.4, -0.2) is 30.6 Å². The topological polar surface area (TPSA) is 58.6 Å². The summed E-state index contributed by atoms with van der Waals surface area (Å²) < 4.78 is 0. The van der Waals surface area contributed by atoms with Gasteiger partial charge in [-0.2, -0.15) is 0 Å². The number of benzene rings is 1. The van der Waals surface area contributed by atoms with Crippen molar-refractivity contribution >= 4 is 6.29 Å². The van der Waals surface area contributed by atoms with E-state index >= 15 is 0 Å². The molecule has 4 heteroatoms. The molecule has 1 rings (SSSR count). The minimum atomic E-state index is -0.733. The first-order valence-corrected chi connectivity index (χ1v) is 5.83. The molecule has 0 amide bonds. The standard InChI is InChI=1S/C9H10O.C5H13NO2/c1-7-3-4-9(6-10)8(2)5-7;1-5(2,7)4-8-6-3/h3-6H,1-2H3;6-7H,4H2,1-3H3. The lowest BCUT2D eigenvalue weighted by Gasteiger charge is -2.15. The summed E-state index contributed by atoms with van der Waals surface area (Å²) in [4.78, 5) is 15.0. The van der Waals surface area contributed by atoms with Crippen molar-refractivity contribution in [2.45, 2.75) is 33.3 Å². The summed E-state index contributed by atoms with van der Waals surface area (Å²) in [5.74, 6) is 0. The van der Waals surface area contributed by atoms with Gasteiger partial charge < -0.3 is 5.11 Å². The quantitative estimate of drug-likeness (QED) is 0.636. The molecular weight excluding hydrogens is 230 g/mol. The molecule has 2 N–H and O–H groups in total. The maximum absolute atomic E-state index is 10.3. The fraction of sp³-hybridized carbons (Fsp3) is 0.500. The number of aryl methyl sites for hydroxylation is 2. The Kier molecular flexibility index (Phi) is 7.43. The molecule has 0 aliphatic rings. The maximum atomic E-state index is 10.3. The first-order chi connectivity index (χ1) is 8.30. The van der Waals surface area contributed by atoms with Gasteiger partial charge in [0.1, 0.15) is 6.29 Å². The number of carbonyl (C=O) groups is 1. The van der Waals surface area contributed by atoms with Gasteiger partial charge in [0.2, 0.25) is 0 Å². The molecule has 1 aromatic rings. The number of carbonyl (C=O) groups excluding carboxylic acids is 1. The monoisotopic (exact) mass is 253 g/mol. The number of nitrogens with one attached hydrogen (secondary N) is 1. The lowest BCUT2D eigenvalue weighted by atomic mass is 10.1. The van der Waals surface area contributed by atoms with Crippen molar-refractivity contribution in [3.05, 3.63) is 34.9 Å². The average molecular weight is 253 g/mol. The molecular formula is C14H23NO3. The van der Waals surface area contributed by atoms with Gasteiger partial charge in [-0.25, -0.2) is 5.48 Å². The van der Waals surface area contributed by atoms with Crippen LogP contribution in [0.4, 0.5) is 0 Å². The maximum Gasteiger partial charge on any atom is 0.150 e. The van der Waals surface area contributed by atoms with E-state index in [0.29, 0.717) is 6.61 Å². The molecule has 0 saturated carbocycles. The zero-order valence-corrected chi connectivity index (χ0v) is 11.8. The van der Waals surface area contributed by atoms with Crippen LogP contribution in [0, 0.1) is 13.8 Å². The van der Waals surface area contributed by atoms with Crippen LogP contribution in [0.25, 0.3) is 0 Å². The van der Waals surface area contributed by atoms with E-state index in [2.05, 4.69) is 5.48 Å². The van der Waals surface area contributed by atoms with Crippen molar-refractivity contribution in [2.75, 3.05) is 13.7 Å². The summed E-state index contributed by atoms with van der Waals surface area (Å²) in [6.07, 6.45) is 0.884. The van der Waals surface area contributed by atoms with Gasteiger partial charge in [-0.1, -0.05) is 23.8 Å². The molecule has 102 valence electrons. The Morgan fingerprint density at radius 3 is 2.33 bits per heavy atom. The van der Waals surface area contributed by atoms with E-state index in [1.807, 2.05) is 32.0 Å². The molecule has 18 heavy (non-hydrogen) atoms. The van der Waals surface area contributed by atoms with Crippen LogP contribution in [0.5, 0.6) is 0 Å². The smallest absolute Gasteiger partial charge is 0.150 e. The van der Waals surface area contributed by atoms with Crippen molar-refractivity contribution in [1.29, 1.82) is 0 Å². The Hall–Kier alpha value is -1.23. The van der Waals surface area contributed by atoms with Gasteiger partial charge in [-0.15, -0.1) is 0 Å². The lowest BCUT2D eigenvalue weighted by molar-refractivity contribution is -0.0538. The SMILES string of the molecule is CNOCC(C)(C)O.Cc1ccc(C=O)c(C)c1. The number of hydrogen-bond donors (Lipinski definition) is 2. The summed E-state index contributed by atoms with van der Waals surface area (Å²) in [5, 5.41) is 8.98. The van der Waals surface area contributed by atoms with Crippen LogP contribution in [-0.2, 0) is 4.84 Å². The lowest BCUT2D eigenvalue weighted by Crippen LogP contribution is -2.29. The van der Waals surface area contributed by atoms with Crippen LogP contribution >= 0.6 is 0 Å². The molecule has 0 saturated heterocycles. The van der Waals surface area contributed by atoms with E-state index < -0.39 is 5.60 Å². The van der Waals surface area contributed by atoms with Gasteiger partial charge in [0.25, 0.3) is 0 Å². The molecule has 0 spiro atoms. The van der Waals surface area contributed by atoms with Crippen molar-refractivity contribution in [3.63, 3.8) is 0 Å². The predicted molar refractivity (Wildman–Crippen MR) is 72.6 cm³/mol. The molecule has 4 nitrogen and oxygen atoms in total. The number of aliphatic hydroxyl groups is 1. The van der Waals surface area contributed by atoms with Crippen molar-refractivity contribution in [1.82, 2.24) is 5.48 Å². The van der Waals surface area contributed by atoms with Crippen LogP contribution in [0.1, 0.15) is 35.3 Å². The summed E-state index contributed by atoms with van der Waals surface area (Å²) in [5.41, 5.74) is 4.76. The normalized spacial score (nSPS) is 10.6. The second-order valence-corrected chi connectivity index (χ2v) is 4.78. The Morgan fingerprint density at radius 2 is 2.00 bits per heavy atom. The Balaban J connectivity index is 0.000000331. The number of rotatable bonds is 4. The largest absolute Gasteiger partial charge is 0.388 e. The first kappa shape index (κ1) is 16.8. The van der Waals surface area contributed by atoms with Gasteiger partial charge in [0, 0.05) is 12.6 Å². The Labute approximate surface area is 109 Å². The Bertz CT molecular complexity index is 370. The van der Waals surface area contributed by atoms with Crippen molar-refractivity contribution < 1.29 is 14.7 Å². The third-order valence-corrected chi connectivity index (χ3v) is 2.12. The van der Waals surface area contributed by atoms with Crippen LogP contribution in [0.15, 0.2) is 18.2 Å². The molecule has 0 radical (unpaired) electrons. The molecule has 0 aliphatic carbocycles. The van der Waals surface area contributed by atoms with Gasteiger partial charge in [-0.3, -0.25) is 9.63 Å². The second kappa shape index (κ2) is 7.97. The van der Waals surface area contributed by atoms with Crippen molar-refractivity contribution in [3.8, 4) is 0 Å². The molecule has 0 aliphatic heterocycles. The van der Waals surface area contributed by atoms with Crippen molar-refractivity contribution in [2.24, 2.45) is 0 Å². The molecule has 0 unspecified atom stereocenters. The average Bonchev–Trinajstić information content (AvgIpc) is 2.26. The highest BCUT2D eigenvalue weighted by Gasteiger charge is 2.11. The number of aldehydes is 1. The first-order valence-electron chi connectivity index (χ1n) is 5.83. The molecule has 0 aromatic heterocycles. The van der Waals surface area contributed by atoms with E-state index in [9.17, 15) is 4.79 Å². The molecule has 0 fully saturated rings. The Morgan fingerprint density at radius 1 is 1.39 bits per heavy atom. The predicted octanol–water partition coefficient (Wildman–Crippen LogP) is 2.02. The fourth-order valence-electron chi connectivity index (χ4n) is 1.21. The van der Waals surface area contributed by atoms with Crippen LogP contribution in [0.2, 0.25) is 0 Å². The third-order valence-electron chi connectivity index (χ3n) is 2.12. The highest BCUT2D eigenvalue weighted by Crippen LogP contribution is 2.07. The van der Waals surface area contributed by atoms with E-state index in [0.717, 1.165) is 17.4 Å². The minimum Gasteiger partial charge on any atom is -0.388 e. The van der Waals surface area contributed by atoms with Gasteiger partial charge in [0.15, 0.2) is 0 Å². The zero-order chi connectivity index (χ0) is 14.2. The third kappa shape index (κ3) is 7.95. The summed E-state index contributed by atoms with van der Waals surface area (Å²) in [6.45, 7) is 7.64. The minimum absolute atomic E-state index is 0.309. The summed E-state index contributed by atoms with van der Waals surface area (Å²) in [6, 6.07) is 5.79.